The molecule has 0 heterocycles. The Labute approximate surface area is 103 Å². The highest BCUT2D eigenvalue weighted by Crippen LogP contribution is 2.36. The average Bonchev–Trinajstić information content (AvgIpc) is 2.38. The Kier molecular flexibility index (Phi) is 3.38. The van der Waals surface area contributed by atoms with Gasteiger partial charge in [0.1, 0.15) is 19.3 Å². The normalized spacial score (nSPS) is 10.0. The molecule has 0 amide bonds. The number of benzene rings is 2. The minimum absolute atomic E-state index is 0.704. The van der Waals surface area contributed by atoms with E-state index in [0.717, 1.165) is 22.6 Å². The van der Waals surface area contributed by atoms with Crippen LogP contribution in [0.3, 0.4) is 0 Å². The molecule has 0 aliphatic carbocycles. The van der Waals surface area contributed by atoms with Gasteiger partial charge in [-0.25, -0.2) is 0 Å². The molecule has 3 heteroatoms. The van der Waals surface area contributed by atoms with Gasteiger partial charge in [-0.3, -0.25) is 0 Å². The molecule has 0 spiro atoms. The number of hydrogen-bond donors (Lipinski definition) is 0. The van der Waals surface area contributed by atoms with Crippen LogP contribution < -0.4 is 14.9 Å². The van der Waals surface area contributed by atoms with Gasteiger partial charge in [0.25, 0.3) is 0 Å². The lowest BCUT2D eigenvalue weighted by Gasteiger charge is -2.15. The Balaban J connectivity index is 2.69. The maximum Gasteiger partial charge on any atom is 0.130 e. The van der Waals surface area contributed by atoms with Gasteiger partial charge in [0.05, 0.1) is 19.8 Å². The second kappa shape index (κ2) is 4.96. The second-order valence-corrected chi connectivity index (χ2v) is 3.62. The lowest BCUT2D eigenvalue weighted by atomic mass is 9.86. The SMILES string of the molecule is [B]c1ccccc1-c1c(OC)cccc1OC. The van der Waals surface area contributed by atoms with Crippen molar-refractivity contribution in [2.75, 3.05) is 14.2 Å². The number of hydrogen-bond acceptors (Lipinski definition) is 2. The van der Waals surface area contributed by atoms with Crippen LogP contribution in [-0.4, -0.2) is 22.1 Å². The van der Waals surface area contributed by atoms with Crippen LogP contribution in [0.15, 0.2) is 42.5 Å². The van der Waals surface area contributed by atoms with Crippen LogP contribution in [0.4, 0.5) is 0 Å². The molecular formula is C14H13BO2. The first-order valence-corrected chi connectivity index (χ1v) is 5.33. The van der Waals surface area contributed by atoms with Crippen molar-refractivity contribution in [3.05, 3.63) is 42.5 Å². The third-order valence-corrected chi connectivity index (χ3v) is 2.66. The van der Waals surface area contributed by atoms with Gasteiger partial charge in [0.2, 0.25) is 0 Å². The summed E-state index contributed by atoms with van der Waals surface area (Å²) in [6, 6.07) is 13.3. The van der Waals surface area contributed by atoms with Crippen molar-refractivity contribution >= 4 is 13.3 Å². The molecule has 2 nitrogen and oxygen atoms in total. The Bertz CT molecular complexity index is 501. The summed E-state index contributed by atoms with van der Waals surface area (Å²) in [5.74, 6) is 1.50. The van der Waals surface area contributed by atoms with Crippen molar-refractivity contribution in [2.45, 2.75) is 0 Å². The molecule has 2 radical (unpaired) electrons. The van der Waals surface area contributed by atoms with E-state index in [1.807, 2.05) is 42.5 Å². The van der Waals surface area contributed by atoms with Crippen LogP contribution >= 0.6 is 0 Å². The number of methoxy groups -OCH3 is 2. The fourth-order valence-corrected chi connectivity index (χ4v) is 1.84. The van der Waals surface area contributed by atoms with Crippen molar-refractivity contribution in [2.24, 2.45) is 0 Å². The maximum absolute atomic E-state index is 5.99. The first-order valence-electron chi connectivity index (χ1n) is 5.33. The van der Waals surface area contributed by atoms with Crippen molar-refractivity contribution in [1.29, 1.82) is 0 Å². The number of ether oxygens (including phenoxy) is 2. The zero-order valence-corrected chi connectivity index (χ0v) is 9.94. The van der Waals surface area contributed by atoms with E-state index in [4.69, 9.17) is 17.3 Å². The predicted molar refractivity (Wildman–Crippen MR) is 70.4 cm³/mol. The van der Waals surface area contributed by atoms with Crippen molar-refractivity contribution in [1.82, 2.24) is 0 Å². The summed E-state index contributed by atoms with van der Waals surface area (Å²) in [5.41, 5.74) is 2.51. The highest BCUT2D eigenvalue weighted by Gasteiger charge is 2.13. The van der Waals surface area contributed by atoms with Gasteiger partial charge in [0.15, 0.2) is 0 Å². The largest absolute Gasteiger partial charge is 0.496 e. The highest BCUT2D eigenvalue weighted by atomic mass is 16.5. The summed E-state index contributed by atoms with van der Waals surface area (Å²) >= 11 is 0. The second-order valence-electron chi connectivity index (χ2n) is 3.62. The standard InChI is InChI=1S/C14H13BO2/c1-16-12-8-5-9-13(17-2)14(12)10-6-3-4-7-11(10)15/h3-9H,1-2H3. The zero-order valence-electron chi connectivity index (χ0n) is 9.94. The van der Waals surface area contributed by atoms with Crippen molar-refractivity contribution in [3.8, 4) is 22.6 Å². The van der Waals surface area contributed by atoms with E-state index in [9.17, 15) is 0 Å². The third kappa shape index (κ3) is 2.14. The molecule has 17 heavy (non-hydrogen) atoms. The molecule has 0 N–H and O–H groups in total. The monoisotopic (exact) mass is 224 g/mol. The lowest BCUT2D eigenvalue weighted by molar-refractivity contribution is 0.397. The molecule has 0 aliphatic rings. The quantitative estimate of drug-likeness (QED) is 0.743. The molecule has 2 aromatic carbocycles. The van der Waals surface area contributed by atoms with Gasteiger partial charge in [-0.2, -0.15) is 0 Å². The molecule has 0 atom stereocenters. The van der Waals surface area contributed by atoms with Gasteiger partial charge in [-0.05, 0) is 17.7 Å². The molecule has 0 saturated heterocycles. The van der Waals surface area contributed by atoms with E-state index in [0.29, 0.717) is 5.46 Å². The topological polar surface area (TPSA) is 18.5 Å². The van der Waals surface area contributed by atoms with Crippen LogP contribution in [0.2, 0.25) is 0 Å². The first-order chi connectivity index (χ1) is 8.27. The van der Waals surface area contributed by atoms with E-state index in [-0.39, 0.29) is 0 Å². The average molecular weight is 224 g/mol. The molecule has 0 aliphatic heterocycles. The summed E-state index contributed by atoms with van der Waals surface area (Å²) < 4.78 is 10.7. The summed E-state index contributed by atoms with van der Waals surface area (Å²) in [6.07, 6.45) is 0. The fourth-order valence-electron chi connectivity index (χ4n) is 1.84. The van der Waals surface area contributed by atoms with Crippen LogP contribution in [0, 0.1) is 0 Å². The molecule has 2 rings (SSSR count). The Morgan fingerprint density at radius 3 is 1.94 bits per heavy atom. The molecule has 0 aromatic heterocycles. The molecule has 0 fully saturated rings. The molecule has 0 unspecified atom stereocenters. The van der Waals surface area contributed by atoms with Crippen LogP contribution in [0.25, 0.3) is 11.1 Å². The summed E-state index contributed by atoms with van der Waals surface area (Å²) in [5, 5.41) is 0. The molecule has 0 bridgehead atoms. The van der Waals surface area contributed by atoms with E-state index in [2.05, 4.69) is 0 Å². The van der Waals surface area contributed by atoms with Gasteiger partial charge in [-0.15, -0.1) is 0 Å². The van der Waals surface area contributed by atoms with E-state index in [1.54, 1.807) is 14.2 Å². The van der Waals surface area contributed by atoms with Crippen molar-refractivity contribution < 1.29 is 9.47 Å². The maximum atomic E-state index is 5.99. The van der Waals surface area contributed by atoms with Crippen LogP contribution in [-0.2, 0) is 0 Å². The third-order valence-electron chi connectivity index (χ3n) is 2.66. The highest BCUT2D eigenvalue weighted by molar-refractivity contribution is 6.36. The van der Waals surface area contributed by atoms with Crippen LogP contribution in [0.1, 0.15) is 0 Å². The molecule has 2 aromatic rings. The molecule has 84 valence electrons. The molecular weight excluding hydrogens is 211 g/mol. The van der Waals surface area contributed by atoms with Crippen molar-refractivity contribution in [3.63, 3.8) is 0 Å². The predicted octanol–water partition coefficient (Wildman–Crippen LogP) is 2.16. The first kappa shape index (κ1) is 11.6. The lowest BCUT2D eigenvalue weighted by Crippen LogP contribution is -2.07. The Hall–Kier alpha value is -1.90. The fraction of sp³-hybridized carbons (Fsp3) is 0.143. The minimum atomic E-state index is 0.704. The molecule has 0 saturated carbocycles. The van der Waals surface area contributed by atoms with Gasteiger partial charge < -0.3 is 9.47 Å². The van der Waals surface area contributed by atoms with Gasteiger partial charge >= 0.3 is 0 Å². The van der Waals surface area contributed by atoms with E-state index in [1.165, 1.54) is 0 Å². The summed E-state index contributed by atoms with van der Waals surface area (Å²) in [4.78, 5) is 0. The summed E-state index contributed by atoms with van der Waals surface area (Å²) in [7, 11) is 9.26. The number of rotatable bonds is 3. The summed E-state index contributed by atoms with van der Waals surface area (Å²) in [6.45, 7) is 0. The van der Waals surface area contributed by atoms with Crippen LogP contribution in [0.5, 0.6) is 11.5 Å². The Morgan fingerprint density at radius 1 is 0.824 bits per heavy atom. The smallest absolute Gasteiger partial charge is 0.130 e. The van der Waals surface area contributed by atoms with E-state index >= 15 is 0 Å². The van der Waals surface area contributed by atoms with E-state index < -0.39 is 0 Å². The van der Waals surface area contributed by atoms with Gasteiger partial charge in [-0.1, -0.05) is 35.8 Å². The van der Waals surface area contributed by atoms with Gasteiger partial charge in [0, 0.05) is 0 Å². The Morgan fingerprint density at radius 2 is 1.41 bits per heavy atom. The minimum Gasteiger partial charge on any atom is -0.496 e. The zero-order chi connectivity index (χ0) is 12.3.